The van der Waals surface area contributed by atoms with Crippen molar-refractivity contribution < 1.29 is 4.74 Å². The van der Waals surface area contributed by atoms with Gasteiger partial charge in [-0.2, -0.15) is 0 Å². The van der Waals surface area contributed by atoms with E-state index in [9.17, 15) is 0 Å². The summed E-state index contributed by atoms with van der Waals surface area (Å²) in [5.74, 6) is 1.21. The topological polar surface area (TPSA) is 14.2 Å². The second-order valence-electron chi connectivity index (χ2n) is 8.75. The maximum Gasteiger partial charge on any atom is 0.123 e. The molecular weight excluding hydrogens is 482 g/mol. The van der Waals surface area contributed by atoms with Gasteiger partial charge in [0.1, 0.15) is 12.4 Å². The maximum absolute atomic E-state index is 6.41. The number of hydrogen-bond donors (Lipinski definition) is 0. The van der Waals surface area contributed by atoms with E-state index in [1.54, 1.807) is 0 Å². The summed E-state index contributed by atoms with van der Waals surface area (Å²) in [6, 6.07) is 34.2. The molecule has 0 saturated heterocycles. The molecule has 1 aliphatic rings. The SMILES string of the molecule is CC1/C=C\c2c(c3ccccc3n2-c2cccc(-c3cccc(Br)c3)c2)COc2ccccc21. The van der Waals surface area contributed by atoms with Crippen molar-refractivity contribution in [1.29, 1.82) is 0 Å². The van der Waals surface area contributed by atoms with Gasteiger partial charge in [-0.25, -0.2) is 0 Å². The lowest BCUT2D eigenvalue weighted by Gasteiger charge is -2.13. The Balaban J connectivity index is 1.56. The Bertz CT molecular complexity index is 1540. The number of rotatable bonds is 2. The molecular formula is C31H24BrNO. The summed E-state index contributed by atoms with van der Waals surface area (Å²) in [7, 11) is 0. The molecule has 0 radical (unpaired) electrons. The van der Waals surface area contributed by atoms with Gasteiger partial charge in [-0.3, -0.25) is 0 Å². The zero-order chi connectivity index (χ0) is 23.1. The van der Waals surface area contributed by atoms with Gasteiger partial charge >= 0.3 is 0 Å². The third kappa shape index (κ3) is 3.66. The Labute approximate surface area is 208 Å². The highest BCUT2D eigenvalue weighted by atomic mass is 79.9. The van der Waals surface area contributed by atoms with Gasteiger partial charge in [0.2, 0.25) is 0 Å². The highest BCUT2D eigenvalue weighted by Crippen LogP contribution is 2.36. The third-order valence-electron chi connectivity index (χ3n) is 6.61. The smallest absolute Gasteiger partial charge is 0.123 e. The molecule has 1 aromatic heterocycles. The van der Waals surface area contributed by atoms with E-state index >= 15 is 0 Å². The van der Waals surface area contributed by atoms with Gasteiger partial charge in [0, 0.05) is 32.6 Å². The second kappa shape index (κ2) is 8.66. The van der Waals surface area contributed by atoms with Crippen molar-refractivity contribution in [1.82, 2.24) is 4.57 Å². The normalized spacial score (nSPS) is 16.0. The van der Waals surface area contributed by atoms with Crippen molar-refractivity contribution in [2.45, 2.75) is 19.4 Å². The number of benzene rings is 4. The van der Waals surface area contributed by atoms with Crippen LogP contribution < -0.4 is 4.74 Å². The zero-order valence-corrected chi connectivity index (χ0v) is 20.5. The van der Waals surface area contributed by atoms with Crippen LogP contribution in [0.1, 0.15) is 29.7 Å². The summed E-state index contributed by atoms with van der Waals surface area (Å²) < 4.78 is 9.86. The average molecular weight is 506 g/mol. The van der Waals surface area contributed by atoms with E-state index in [-0.39, 0.29) is 5.92 Å². The van der Waals surface area contributed by atoms with Crippen LogP contribution in [0.15, 0.2) is 108 Å². The van der Waals surface area contributed by atoms with Gasteiger partial charge in [0.05, 0.1) is 11.2 Å². The minimum atomic E-state index is 0.251. The van der Waals surface area contributed by atoms with E-state index in [1.807, 2.05) is 6.07 Å². The molecule has 2 nitrogen and oxygen atoms in total. The minimum absolute atomic E-state index is 0.251. The highest BCUT2D eigenvalue weighted by Gasteiger charge is 2.20. The molecule has 1 aliphatic heterocycles. The van der Waals surface area contributed by atoms with E-state index < -0.39 is 0 Å². The summed E-state index contributed by atoms with van der Waals surface area (Å²) >= 11 is 3.61. The largest absolute Gasteiger partial charge is 0.488 e. The molecule has 0 spiro atoms. The quantitative estimate of drug-likeness (QED) is 0.233. The van der Waals surface area contributed by atoms with Gasteiger partial charge in [-0.05, 0) is 53.6 Å². The fourth-order valence-corrected chi connectivity index (χ4v) is 5.30. The number of hydrogen-bond acceptors (Lipinski definition) is 1. The van der Waals surface area contributed by atoms with Crippen molar-refractivity contribution in [2.24, 2.45) is 0 Å². The highest BCUT2D eigenvalue weighted by molar-refractivity contribution is 9.10. The van der Waals surface area contributed by atoms with Gasteiger partial charge in [-0.1, -0.05) is 89.6 Å². The number of ether oxygens (including phenoxy) is 1. The minimum Gasteiger partial charge on any atom is -0.488 e. The molecule has 2 heterocycles. The third-order valence-corrected chi connectivity index (χ3v) is 7.10. The molecule has 0 saturated carbocycles. The van der Waals surface area contributed by atoms with Crippen LogP contribution in [-0.4, -0.2) is 4.57 Å². The molecule has 0 aliphatic carbocycles. The van der Waals surface area contributed by atoms with Gasteiger partial charge in [-0.15, -0.1) is 0 Å². The Morgan fingerprint density at radius 2 is 1.59 bits per heavy atom. The van der Waals surface area contributed by atoms with E-state index in [0.29, 0.717) is 6.61 Å². The van der Waals surface area contributed by atoms with Crippen molar-refractivity contribution in [3.63, 3.8) is 0 Å². The first-order valence-electron chi connectivity index (χ1n) is 11.6. The van der Waals surface area contributed by atoms with Crippen molar-refractivity contribution in [3.8, 4) is 22.6 Å². The molecule has 0 N–H and O–H groups in total. The van der Waals surface area contributed by atoms with Gasteiger partial charge in [0.25, 0.3) is 0 Å². The molecule has 0 fully saturated rings. The van der Waals surface area contributed by atoms with E-state index in [2.05, 4.69) is 131 Å². The Kier molecular flexibility index (Phi) is 5.35. The number of nitrogens with zero attached hydrogens (tertiary/aromatic N) is 1. The fourth-order valence-electron chi connectivity index (χ4n) is 4.90. The van der Waals surface area contributed by atoms with Crippen LogP contribution >= 0.6 is 15.9 Å². The lowest BCUT2D eigenvalue weighted by Crippen LogP contribution is -2.01. The fraction of sp³-hybridized carbons (Fsp3) is 0.0968. The van der Waals surface area contributed by atoms with Crippen molar-refractivity contribution in [2.75, 3.05) is 0 Å². The predicted octanol–water partition coefficient (Wildman–Crippen LogP) is 8.77. The maximum atomic E-state index is 6.41. The van der Waals surface area contributed by atoms with E-state index in [4.69, 9.17) is 4.74 Å². The van der Waals surface area contributed by atoms with Crippen molar-refractivity contribution >= 4 is 32.9 Å². The summed E-state index contributed by atoms with van der Waals surface area (Å²) in [5.41, 5.74) is 8.31. The standard InChI is InChI=1S/C31H24BrNO/c1-21-16-17-30-28(20-34-31-15-5-3-12-26(21)31)27-13-2-4-14-29(27)33(30)25-11-7-9-23(19-25)22-8-6-10-24(32)18-22/h2-19,21H,20H2,1H3/b17-16-. The summed E-state index contributed by atoms with van der Waals surface area (Å²) in [6.07, 6.45) is 4.57. The van der Waals surface area contributed by atoms with Crippen LogP contribution in [0.25, 0.3) is 33.8 Å². The summed E-state index contributed by atoms with van der Waals surface area (Å²) in [6.45, 7) is 2.76. The van der Waals surface area contributed by atoms with Gasteiger partial charge in [0.15, 0.2) is 0 Å². The number of aromatic nitrogens is 1. The molecule has 166 valence electrons. The zero-order valence-electron chi connectivity index (χ0n) is 18.9. The Hall–Kier alpha value is -3.56. The van der Waals surface area contributed by atoms with Crippen LogP contribution in [0.5, 0.6) is 5.75 Å². The predicted molar refractivity (Wildman–Crippen MR) is 145 cm³/mol. The molecule has 3 heteroatoms. The van der Waals surface area contributed by atoms with Crippen LogP contribution in [0.4, 0.5) is 0 Å². The number of halogens is 1. The summed E-state index contributed by atoms with van der Waals surface area (Å²) in [4.78, 5) is 0. The first-order valence-corrected chi connectivity index (χ1v) is 12.4. The molecule has 1 atom stereocenters. The molecule has 0 bridgehead atoms. The van der Waals surface area contributed by atoms with Crippen LogP contribution in [0, 0.1) is 0 Å². The average Bonchev–Trinajstić information content (AvgIpc) is 3.21. The van der Waals surface area contributed by atoms with E-state index in [0.717, 1.165) is 15.9 Å². The number of para-hydroxylation sites is 2. The number of fused-ring (bicyclic) bond motifs is 4. The van der Waals surface area contributed by atoms with Crippen molar-refractivity contribution in [3.05, 3.63) is 124 Å². The van der Waals surface area contributed by atoms with E-state index in [1.165, 1.54) is 38.9 Å². The molecule has 4 aromatic carbocycles. The number of allylic oxidation sites excluding steroid dienone is 1. The molecule has 5 aromatic rings. The van der Waals surface area contributed by atoms with Crippen LogP contribution in [0.3, 0.4) is 0 Å². The molecule has 34 heavy (non-hydrogen) atoms. The molecule has 6 rings (SSSR count). The first kappa shape index (κ1) is 21.0. The first-order chi connectivity index (χ1) is 16.7. The Morgan fingerprint density at radius 1 is 0.824 bits per heavy atom. The van der Waals surface area contributed by atoms with Crippen LogP contribution in [0.2, 0.25) is 0 Å². The second-order valence-corrected chi connectivity index (χ2v) is 9.67. The van der Waals surface area contributed by atoms with Crippen LogP contribution in [-0.2, 0) is 6.61 Å². The monoisotopic (exact) mass is 505 g/mol. The molecule has 0 amide bonds. The van der Waals surface area contributed by atoms with Gasteiger partial charge < -0.3 is 9.30 Å². The lowest BCUT2D eigenvalue weighted by molar-refractivity contribution is 0.304. The summed E-state index contributed by atoms with van der Waals surface area (Å²) in [5, 5.41) is 1.22. The lowest BCUT2D eigenvalue weighted by atomic mass is 9.99. The Morgan fingerprint density at radius 3 is 2.47 bits per heavy atom. The molecule has 1 unspecified atom stereocenters.